The van der Waals surface area contributed by atoms with Crippen LogP contribution < -0.4 is 0 Å². The van der Waals surface area contributed by atoms with Gasteiger partial charge in [0.15, 0.2) is 0 Å². The van der Waals surface area contributed by atoms with Crippen LogP contribution in [0.25, 0.3) is 0 Å². The minimum Gasteiger partial charge on any atom is -0.389 e. The van der Waals surface area contributed by atoms with Gasteiger partial charge in [0.25, 0.3) is 0 Å². The summed E-state index contributed by atoms with van der Waals surface area (Å²) >= 11 is 0. The van der Waals surface area contributed by atoms with Crippen molar-refractivity contribution in [1.29, 1.82) is 0 Å². The van der Waals surface area contributed by atoms with Crippen molar-refractivity contribution in [2.45, 2.75) is 52.1 Å². The first-order valence-corrected chi connectivity index (χ1v) is 5.52. The second-order valence-corrected chi connectivity index (χ2v) is 5.02. The minimum atomic E-state index is -0.170. The Morgan fingerprint density at radius 1 is 1.46 bits per heavy atom. The number of allylic oxidation sites excluding steroid dienone is 1. The largest absolute Gasteiger partial charge is 0.389 e. The molecule has 1 nitrogen and oxygen atoms in total. The summed E-state index contributed by atoms with van der Waals surface area (Å²) in [4.78, 5) is 0. The molecule has 0 aliphatic heterocycles. The number of hydrogen-bond donors (Lipinski definition) is 1. The van der Waals surface area contributed by atoms with Crippen LogP contribution in [-0.2, 0) is 0 Å². The van der Waals surface area contributed by atoms with Gasteiger partial charge in [0.05, 0.1) is 6.10 Å². The third-order valence-corrected chi connectivity index (χ3v) is 4.20. The molecule has 1 unspecified atom stereocenters. The fourth-order valence-electron chi connectivity index (χ4n) is 3.01. The van der Waals surface area contributed by atoms with Crippen molar-refractivity contribution >= 4 is 0 Å². The fraction of sp³-hybridized carbons (Fsp3) is 0.833. The van der Waals surface area contributed by atoms with Crippen LogP contribution in [0.5, 0.6) is 0 Å². The van der Waals surface area contributed by atoms with Crippen LogP contribution in [0.4, 0.5) is 0 Å². The van der Waals surface area contributed by atoms with Gasteiger partial charge >= 0.3 is 0 Å². The number of aliphatic hydroxyl groups is 1. The van der Waals surface area contributed by atoms with Crippen molar-refractivity contribution in [3.63, 3.8) is 0 Å². The summed E-state index contributed by atoms with van der Waals surface area (Å²) in [6.45, 7) is 4.68. The zero-order chi connectivity index (χ0) is 9.47. The Balaban J connectivity index is 2.30. The first-order chi connectivity index (χ1) is 6.13. The van der Waals surface area contributed by atoms with Gasteiger partial charge in [-0.3, -0.25) is 0 Å². The Morgan fingerprint density at radius 2 is 2.23 bits per heavy atom. The van der Waals surface area contributed by atoms with Gasteiger partial charge in [-0.05, 0) is 37.0 Å². The quantitative estimate of drug-likeness (QED) is 0.568. The molecule has 2 rings (SSSR count). The highest BCUT2D eigenvalue weighted by Crippen LogP contribution is 2.50. The molecule has 2 aliphatic rings. The van der Waals surface area contributed by atoms with Crippen LogP contribution in [0.15, 0.2) is 11.6 Å². The molecule has 13 heavy (non-hydrogen) atoms. The first-order valence-electron chi connectivity index (χ1n) is 5.52. The second-order valence-electron chi connectivity index (χ2n) is 5.02. The van der Waals surface area contributed by atoms with Crippen molar-refractivity contribution in [1.82, 2.24) is 0 Å². The van der Waals surface area contributed by atoms with Gasteiger partial charge in [0.1, 0.15) is 0 Å². The van der Waals surface area contributed by atoms with Crippen LogP contribution in [0.1, 0.15) is 46.0 Å². The number of aliphatic hydroxyl groups excluding tert-OH is 1. The predicted octanol–water partition coefficient (Wildman–Crippen LogP) is 2.89. The molecule has 1 saturated carbocycles. The topological polar surface area (TPSA) is 20.2 Å². The van der Waals surface area contributed by atoms with Crippen LogP contribution in [0.2, 0.25) is 0 Å². The lowest BCUT2D eigenvalue weighted by Gasteiger charge is -2.45. The van der Waals surface area contributed by atoms with Crippen molar-refractivity contribution in [3.8, 4) is 0 Å². The maximum atomic E-state index is 9.66. The summed E-state index contributed by atoms with van der Waals surface area (Å²) in [6, 6.07) is 0. The highest BCUT2D eigenvalue weighted by atomic mass is 16.3. The molecule has 1 heteroatoms. The van der Waals surface area contributed by atoms with Crippen molar-refractivity contribution in [2.75, 3.05) is 0 Å². The Kier molecular flexibility index (Phi) is 2.23. The standard InChI is InChI=1S/C12H20O/c1-9-7-11(13)8-10-5-3-4-6-12(9,10)2/h8-9,11,13H,3-7H2,1-2H3/t9-,11?,12+/m1/s1. The molecule has 0 radical (unpaired) electrons. The second kappa shape index (κ2) is 3.13. The fourth-order valence-corrected chi connectivity index (χ4v) is 3.01. The Bertz CT molecular complexity index is 231. The zero-order valence-electron chi connectivity index (χ0n) is 8.71. The van der Waals surface area contributed by atoms with E-state index in [9.17, 15) is 5.11 Å². The summed E-state index contributed by atoms with van der Waals surface area (Å²) in [6.07, 6.45) is 8.15. The van der Waals surface area contributed by atoms with E-state index in [0.717, 1.165) is 6.42 Å². The molecule has 0 aromatic rings. The van der Waals surface area contributed by atoms with E-state index in [1.54, 1.807) is 0 Å². The molecule has 74 valence electrons. The Hall–Kier alpha value is -0.300. The number of hydrogen-bond acceptors (Lipinski definition) is 1. The molecule has 0 bridgehead atoms. The monoisotopic (exact) mass is 180 g/mol. The highest BCUT2D eigenvalue weighted by molar-refractivity contribution is 5.22. The molecular formula is C12H20O. The molecule has 1 fully saturated rings. The van der Waals surface area contributed by atoms with Crippen molar-refractivity contribution < 1.29 is 5.11 Å². The van der Waals surface area contributed by atoms with Gasteiger partial charge in [-0.1, -0.05) is 31.9 Å². The lowest BCUT2D eigenvalue weighted by atomic mass is 9.60. The van der Waals surface area contributed by atoms with E-state index in [1.165, 1.54) is 31.3 Å². The molecule has 0 amide bonds. The smallest absolute Gasteiger partial charge is 0.0726 e. The van der Waals surface area contributed by atoms with Gasteiger partial charge in [-0.25, -0.2) is 0 Å². The molecule has 2 aliphatic carbocycles. The lowest BCUT2D eigenvalue weighted by molar-refractivity contribution is 0.100. The predicted molar refractivity (Wildman–Crippen MR) is 54.4 cm³/mol. The van der Waals surface area contributed by atoms with Crippen LogP contribution in [-0.4, -0.2) is 11.2 Å². The van der Waals surface area contributed by atoms with Crippen LogP contribution in [0, 0.1) is 11.3 Å². The van der Waals surface area contributed by atoms with Gasteiger partial charge in [-0.15, -0.1) is 0 Å². The normalized spacial score (nSPS) is 45.3. The van der Waals surface area contributed by atoms with Crippen molar-refractivity contribution in [2.24, 2.45) is 11.3 Å². The summed E-state index contributed by atoms with van der Waals surface area (Å²) in [5.74, 6) is 0.655. The van der Waals surface area contributed by atoms with Gasteiger partial charge in [0, 0.05) is 0 Å². The molecule has 0 saturated heterocycles. The third-order valence-electron chi connectivity index (χ3n) is 4.20. The van der Waals surface area contributed by atoms with E-state index in [4.69, 9.17) is 0 Å². The average molecular weight is 180 g/mol. The van der Waals surface area contributed by atoms with E-state index in [1.807, 2.05) is 0 Å². The van der Waals surface area contributed by atoms with E-state index in [0.29, 0.717) is 11.3 Å². The van der Waals surface area contributed by atoms with Crippen molar-refractivity contribution in [3.05, 3.63) is 11.6 Å². The SMILES string of the molecule is C[C@@H]1CC(O)C=C2CCCC[C@]21C. The zero-order valence-corrected chi connectivity index (χ0v) is 8.71. The Morgan fingerprint density at radius 3 is 3.00 bits per heavy atom. The van der Waals surface area contributed by atoms with Crippen LogP contribution >= 0.6 is 0 Å². The average Bonchev–Trinajstić information content (AvgIpc) is 2.07. The van der Waals surface area contributed by atoms with E-state index < -0.39 is 0 Å². The summed E-state index contributed by atoms with van der Waals surface area (Å²) in [5.41, 5.74) is 1.95. The van der Waals surface area contributed by atoms with Gasteiger partial charge in [-0.2, -0.15) is 0 Å². The number of rotatable bonds is 0. The maximum absolute atomic E-state index is 9.66. The third kappa shape index (κ3) is 1.43. The maximum Gasteiger partial charge on any atom is 0.0726 e. The number of fused-ring (bicyclic) bond motifs is 1. The van der Waals surface area contributed by atoms with E-state index in [2.05, 4.69) is 19.9 Å². The molecule has 0 spiro atoms. The molecule has 1 N–H and O–H groups in total. The summed E-state index contributed by atoms with van der Waals surface area (Å²) in [7, 11) is 0. The molecule has 0 aromatic carbocycles. The van der Waals surface area contributed by atoms with Gasteiger partial charge in [0.2, 0.25) is 0 Å². The first kappa shape index (κ1) is 9.26. The Labute approximate surface area is 80.8 Å². The minimum absolute atomic E-state index is 0.170. The van der Waals surface area contributed by atoms with E-state index in [-0.39, 0.29) is 6.10 Å². The van der Waals surface area contributed by atoms with Crippen LogP contribution in [0.3, 0.4) is 0 Å². The molecular weight excluding hydrogens is 160 g/mol. The van der Waals surface area contributed by atoms with E-state index >= 15 is 0 Å². The molecule has 0 aromatic heterocycles. The summed E-state index contributed by atoms with van der Waals surface area (Å²) < 4.78 is 0. The highest BCUT2D eigenvalue weighted by Gasteiger charge is 2.40. The van der Waals surface area contributed by atoms with Gasteiger partial charge < -0.3 is 5.11 Å². The lowest BCUT2D eigenvalue weighted by Crippen LogP contribution is -2.36. The molecule has 0 heterocycles. The summed E-state index contributed by atoms with van der Waals surface area (Å²) in [5, 5.41) is 9.66. The molecule has 3 atom stereocenters.